The quantitative estimate of drug-likeness (QED) is 0.569. The third kappa shape index (κ3) is 1.68. The number of hydrogen-bond acceptors (Lipinski definition) is 3. The lowest BCUT2D eigenvalue weighted by Gasteiger charge is -2.15. The van der Waals surface area contributed by atoms with Crippen molar-refractivity contribution in [1.82, 2.24) is 0 Å². The normalized spacial score (nSPS) is 36.3. The van der Waals surface area contributed by atoms with E-state index in [0.29, 0.717) is 12.6 Å². The summed E-state index contributed by atoms with van der Waals surface area (Å²) in [6.45, 7) is 2.32. The zero-order chi connectivity index (χ0) is 7.56. The second kappa shape index (κ2) is 3.32. The Bertz CT molecular complexity index is 108. The molecule has 0 amide bonds. The van der Waals surface area contributed by atoms with Gasteiger partial charge in [-0.15, -0.1) is 0 Å². The SMILES string of the molecule is CC1CCC(C(O)CN)O1. The van der Waals surface area contributed by atoms with E-state index in [9.17, 15) is 5.11 Å². The summed E-state index contributed by atoms with van der Waals surface area (Å²) in [5.74, 6) is 0. The van der Waals surface area contributed by atoms with E-state index in [-0.39, 0.29) is 6.10 Å². The molecule has 3 N–H and O–H groups in total. The van der Waals surface area contributed by atoms with Gasteiger partial charge in [0, 0.05) is 6.54 Å². The first-order valence-corrected chi connectivity index (χ1v) is 3.77. The molecule has 1 saturated heterocycles. The van der Waals surface area contributed by atoms with Crippen molar-refractivity contribution in [3.05, 3.63) is 0 Å². The smallest absolute Gasteiger partial charge is 0.0923 e. The van der Waals surface area contributed by atoms with Gasteiger partial charge in [-0.3, -0.25) is 0 Å². The lowest BCUT2D eigenvalue weighted by molar-refractivity contribution is -0.0242. The van der Waals surface area contributed by atoms with Crippen LogP contribution in [0.3, 0.4) is 0 Å². The summed E-state index contributed by atoms with van der Waals surface area (Å²) >= 11 is 0. The summed E-state index contributed by atoms with van der Waals surface area (Å²) in [6.07, 6.45) is 1.80. The van der Waals surface area contributed by atoms with Gasteiger partial charge in [-0.25, -0.2) is 0 Å². The van der Waals surface area contributed by atoms with Crippen molar-refractivity contribution in [1.29, 1.82) is 0 Å². The summed E-state index contributed by atoms with van der Waals surface area (Å²) in [4.78, 5) is 0. The van der Waals surface area contributed by atoms with E-state index in [2.05, 4.69) is 0 Å². The summed E-state index contributed by atoms with van der Waals surface area (Å²) in [5.41, 5.74) is 5.27. The van der Waals surface area contributed by atoms with Gasteiger partial charge < -0.3 is 15.6 Å². The monoisotopic (exact) mass is 145 g/mol. The molecule has 10 heavy (non-hydrogen) atoms. The van der Waals surface area contributed by atoms with Crippen LogP contribution < -0.4 is 5.73 Å². The van der Waals surface area contributed by atoms with Gasteiger partial charge >= 0.3 is 0 Å². The zero-order valence-corrected chi connectivity index (χ0v) is 6.29. The van der Waals surface area contributed by atoms with Crippen LogP contribution in [0.15, 0.2) is 0 Å². The van der Waals surface area contributed by atoms with E-state index in [4.69, 9.17) is 10.5 Å². The Hall–Kier alpha value is -0.120. The molecule has 0 aromatic carbocycles. The fraction of sp³-hybridized carbons (Fsp3) is 1.00. The fourth-order valence-corrected chi connectivity index (χ4v) is 1.27. The predicted octanol–water partition coefficient (Wildman–Crippen LogP) is -0.126. The molecule has 0 saturated carbocycles. The highest BCUT2D eigenvalue weighted by Gasteiger charge is 2.26. The van der Waals surface area contributed by atoms with E-state index in [1.165, 1.54) is 0 Å². The zero-order valence-electron chi connectivity index (χ0n) is 6.29. The number of nitrogens with two attached hydrogens (primary N) is 1. The second-order valence-corrected chi connectivity index (χ2v) is 2.87. The number of aliphatic hydroxyl groups is 1. The maximum atomic E-state index is 9.23. The molecule has 0 radical (unpaired) electrons. The minimum absolute atomic E-state index is 0.0139. The summed E-state index contributed by atoms with van der Waals surface area (Å²) in [7, 11) is 0. The van der Waals surface area contributed by atoms with Crippen LogP contribution in [-0.4, -0.2) is 30.0 Å². The highest BCUT2D eigenvalue weighted by molar-refractivity contribution is 4.77. The lowest BCUT2D eigenvalue weighted by atomic mass is 10.1. The van der Waals surface area contributed by atoms with Crippen LogP contribution in [0, 0.1) is 0 Å². The van der Waals surface area contributed by atoms with Crippen molar-refractivity contribution in [3.8, 4) is 0 Å². The van der Waals surface area contributed by atoms with Crippen molar-refractivity contribution in [2.45, 2.75) is 38.1 Å². The highest BCUT2D eigenvalue weighted by atomic mass is 16.5. The van der Waals surface area contributed by atoms with Gasteiger partial charge in [0.25, 0.3) is 0 Å². The molecule has 60 valence electrons. The molecule has 0 bridgehead atoms. The van der Waals surface area contributed by atoms with Crippen LogP contribution in [0.25, 0.3) is 0 Å². The van der Waals surface area contributed by atoms with Gasteiger partial charge in [-0.05, 0) is 19.8 Å². The topological polar surface area (TPSA) is 55.5 Å². The van der Waals surface area contributed by atoms with Crippen molar-refractivity contribution in [2.75, 3.05) is 6.54 Å². The van der Waals surface area contributed by atoms with E-state index in [0.717, 1.165) is 12.8 Å². The van der Waals surface area contributed by atoms with Gasteiger partial charge in [0.1, 0.15) is 0 Å². The van der Waals surface area contributed by atoms with Crippen LogP contribution >= 0.6 is 0 Å². The predicted molar refractivity (Wildman–Crippen MR) is 38.6 cm³/mol. The number of rotatable bonds is 2. The Balaban J connectivity index is 2.29. The van der Waals surface area contributed by atoms with Gasteiger partial charge in [-0.1, -0.05) is 0 Å². The third-order valence-corrected chi connectivity index (χ3v) is 1.94. The molecule has 1 rings (SSSR count). The maximum Gasteiger partial charge on any atom is 0.0923 e. The molecule has 0 aromatic rings. The number of aliphatic hydroxyl groups excluding tert-OH is 1. The molecular formula is C7H15NO2. The molecule has 3 atom stereocenters. The van der Waals surface area contributed by atoms with Crippen molar-refractivity contribution < 1.29 is 9.84 Å². The molecular weight excluding hydrogens is 130 g/mol. The second-order valence-electron chi connectivity index (χ2n) is 2.87. The average molecular weight is 145 g/mol. The molecule has 0 aliphatic carbocycles. The standard InChI is InChI=1S/C7H15NO2/c1-5-2-3-7(10-5)6(9)4-8/h5-7,9H,2-4,8H2,1H3. The Labute approximate surface area is 61.2 Å². The van der Waals surface area contributed by atoms with Crippen LogP contribution in [0.2, 0.25) is 0 Å². The van der Waals surface area contributed by atoms with Gasteiger partial charge in [0.2, 0.25) is 0 Å². The van der Waals surface area contributed by atoms with Gasteiger partial charge in [0.05, 0.1) is 18.3 Å². The first kappa shape index (κ1) is 7.98. The molecule has 3 unspecified atom stereocenters. The van der Waals surface area contributed by atoms with Crippen LogP contribution in [0.4, 0.5) is 0 Å². The first-order valence-electron chi connectivity index (χ1n) is 3.77. The Morgan fingerprint density at radius 3 is 2.80 bits per heavy atom. The molecule has 3 heteroatoms. The molecule has 1 aliphatic rings. The number of ether oxygens (including phenoxy) is 1. The molecule has 1 aliphatic heterocycles. The lowest BCUT2D eigenvalue weighted by Crippen LogP contribution is -2.33. The molecule has 3 nitrogen and oxygen atoms in total. The minimum Gasteiger partial charge on any atom is -0.389 e. The minimum atomic E-state index is -0.468. The molecule has 1 heterocycles. The van der Waals surface area contributed by atoms with E-state index < -0.39 is 6.10 Å². The molecule has 0 aromatic heterocycles. The van der Waals surface area contributed by atoms with Gasteiger partial charge in [0.15, 0.2) is 0 Å². The van der Waals surface area contributed by atoms with Crippen molar-refractivity contribution in [3.63, 3.8) is 0 Å². The van der Waals surface area contributed by atoms with Crippen molar-refractivity contribution >= 4 is 0 Å². The summed E-state index contributed by atoms with van der Waals surface area (Å²) < 4.78 is 5.38. The van der Waals surface area contributed by atoms with Crippen LogP contribution in [0.1, 0.15) is 19.8 Å². The largest absolute Gasteiger partial charge is 0.389 e. The fourth-order valence-electron chi connectivity index (χ4n) is 1.27. The Kier molecular flexibility index (Phi) is 2.65. The van der Waals surface area contributed by atoms with E-state index >= 15 is 0 Å². The first-order chi connectivity index (χ1) is 4.74. The Morgan fingerprint density at radius 2 is 2.40 bits per heavy atom. The van der Waals surface area contributed by atoms with Gasteiger partial charge in [-0.2, -0.15) is 0 Å². The summed E-state index contributed by atoms with van der Waals surface area (Å²) in [6, 6.07) is 0. The number of hydrogen-bond donors (Lipinski definition) is 2. The molecule has 1 fully saturated rings. The van der Waals surface area contributed by atoms with Crippen LogP contribution in [-0.2, 0) is 4.74 Å². The van der Waals surface area contributed by atoms with E-state index in [1.807, 2.05) is 6.92 Å². The van der Waals surface area contributed by atoms with Crippen molar-refractivity contribution in [2.24, 2.45) is 5.73 Å². The average Bonchev–Trinajstić information content (AvgIpc) is 2.34. The van der Waals surface area contributed by atoms with Crippen LogP contribution in [0.5, 0.6) is 0 Å². The third-order valence-electron chi connectivity index (χ3n) is 1.94. The van der Waals surface area contributed by atoms with E-state index in [1.54, 1.807) is 0 Å². The molecule has 0 spiro atoms. The Morgan fingerprint density at radius 1 is 1.70 bits per heavy atom. The summed E-state index contributed by atoms with van der Waals surface area (Å²) in [5, 5.41) is 9.23. The highest BCUT2D eigenvalue weighted by Crippen LogP contribution is 2.20. The maximum absolute atomic E-state index is 9.23.